The molecule has 198 valence electrons. The molecule has 1 aliphatic rings. The van der Waals surface area contributed by atoms with E-state index in [0.717, 1.165) is 24.7 Å². The van der Waals surface area contributed by atoms with Gasteiger partial charge in [0.25, 0.3) is 0 Å². The van der Waals surface area contributed by atoms with Crippen molar-refractivity contribution in [3.05, 3.63) is 0 Å². The Morgan fingerprint density at radius 3 is 1.45 bits per heavy atom. The van der Waals surface area contributed by atoms with Crippen LogP contribution in [0.5, 0.6) is 0 Å². The molecule has 1 rings (SSSR count). The van der Waals surface area contributed by atoms with Crippen molar-refractivity contribution in [3.63, 3.8) is 0 Å². The fourth-order valence-corrected chi connectivity index (χ4v) is 7.07. The van der Waals surface area contributed by atoms with Gasteiger partial charge in [0.2, 0.25) is 0 Å². The molecule has 0 spiro atoms. The monoisotopic (exact) mass is 466 g/mol. The van der Waals surface area contributed by atoms with Crippen molar-refractivity contribution in [1.82, 2.24) is 0 Å². The summed E-state index contributed by atoms with van der Waals surface area (Å²) in [5, 5.41) is 0. The first-order valence-corrected chi connectivity index (χ1v) is 15.6. The molecule has 0 amide bonds. The highest BCUT2D eigenvalue weighted by molar-refractivity contribution is 4.90. The number of unbranched alkanes of at least 4 members (excludes halogenated alkanes) is 8. The van der Waals surface area contributed by atoms with Crippen LogP contribution < -0.4 is 0 Å². The smallest absolute Gasteiger partial charge is 0.103 e. The lowest BCUT2D eigenvalue weighted by Gasteiger charge is -2.43. The van der Waals surface area contributed by atoms with Gasteiger partial charge in [-0.1, -0.05) is 131 Å². The van der Waals surface area contributed by atoms with Crippen LogP contribution in [0.2, 0.25) is 0 Å². The van der Waals surface area contributed by atoms with E-state index >= 15 is 4.39 Å². The van der Waals surface area contributed by atoms with Gasteiger partial charge in [-0.3, -0.25) is 0 Å². The second kappa shape index (κ2) is 19.2. The van der Waals surface area contributed by atoms with E-state index < -0.39 is 6.17 Å². The molecule has 33 heavy (non-hydrogen) atoms. The Kier molecular flexibility index (Phi) is 18.0. The van der Waals surface area contributed by atoms with Crippen LogP contribution in [0.25, 0.3) is 0 Å². The fraction of sp³-hybridized carbons (Fsp3) is 1.00. The van der Waals surface area contributed by atoms with Crippen LogP contribution >= 0.6 is 0 Å². The molecule has 0 aliphatic heterocycles. The second-order valence-electron chi connectivity index (χ2n) is 12.0. The van der Waals surface area contributed by atoms with Gasteiger partial charge in [0.1, 0.15) is 6.17 Å². The lowest BCUT2D eigenvalue weighted by atomic mass is 9.64. The molecule has 0 radical (unpaired) electrons. The van der Waals surface area contributed by atoms with Crippen LogP contribution in [-0.4, -0.2) is 6.17 Å². The third-order valence-corrected chi connectivity index (χ3v) is 9.29. The first-order valence-electron chi connectivity index (χ1n) is 15.6. The minimum atomic E-state index is -0.555. The minimum Gasteiger partial charge on any atom is -0.247 e. The van der Waals surface area contributed by atoms with Gasteiger partial charge in [0, 0.05) is 0 Å². The number of alkyl halides is 1. The molecule has 0 heterocycles. The Hall–Kier alpha value is -0.0700. The van der Waals surface area contributed by atoms with E-state index in [-0.39, 0.29) is 0 Å². The van der Waals surface area contributed by atoms with Crippen molar-refractivity contribution >= 4 is 0 Å². The van der Waals surface area contributed by atoms with Gasteiger partial charge in [-0.25, -0.2) is 4.39 Å². The topological polar surface area (TPSA) is 0 Å². The Bertz CT molecular complexity index is 432. The van der Waals surface area contributed by atoms with Crippen LogP contribution in [0.4, 0.5) is 4.39 Å². The van der Waals surface area contributed by atoms with Crippen LogP contribution in [0, 0.1) is 35.5 Å². The Morgan fingerprint density at radius 2 is 1.00 bits per heavy atom. The zero-order valence-corrected chi connectivity index (χ0v) is 23.9. The Balaban J connectivity index is 2.79. The maximum atomic E-state index is 15.9. The van der Waals surface area contributed by atoms with Crippen molar-refractivity contribution in [3.8, 4) is 0 Å². The molecule has 1 heteroatoms. The number of rotatable bonds is 20. The van der Waals surface area contributed by atoms with Crippen molar-refractivity contribution < 1.29 is 4.39 Å². The average molecular weight is 467 g/mol. The molecule has 1 aliphatic carbocycles. The van der Waals surface area contributed by atoms with Crippen LogP contribution in [0.15, 0.2) is 0 Å². The van der Waals surface area contributed by atoms with Gasteiger partial charge in [-0.05, 0) is 67.6 Å². The van der Waals surface area contributed by atoms with Gasteiger partial charge in [0.15, 0.2) is 0 Å². The molecule has 0 saturated heterocycles. The van der Waals surface area contributed by atoms with Crippen LogP contribution in [0.1, 0.15) is 164 Å². The van der Waals surface area contributed by atoms with Crippen molar-refractivity contribution in [2.24, 2.45) is 35.5 Å². The summed E-state index contributed by atoms with van der Waals surface area (Å²) in [6.07, 6.45) is 23.9. The molecule has 7 unspecified atom stereocenters. The summed E-state index contributed by atoms with van der Waals surface area (Å²) in [5.41, 5.74) is 0. The standard InChI is InChI=1S/C32H63F/c1-7-11-15-19-26(5)29(21-17-13-9-3)28-23-24-31(32(33)25-28)30(22-18-14-10-4)27(6)20-16-12-8-2/h26-32H,7-25H2,1-6H3. The minimum absolute atomic E-state index is 0.335. The number of halogens is 1. The fourth-order valence-electron chi connectivity index (χ4n) is 7.07. The molecule has 0 nitrogen and oxygen atoms in total. The maximum Gasteiger partial charge on any atom is 0.103 e. The molecule has 0 aromatic heterocycles. The highest BCUT2D eigenvalue weighted by atomic mass is 19.1. The summed E-state index contributed by atoms with van der Waals surface area (Å²) < 4.78 is 15.9. The number of hydrogen-bond donors (Lipinski definition) is 0. The largest absolute Gasteiger partial charge is 0.247 e. The van der Waals surface area contributed by atoms with Gasteiger partial charge in [0.05, 0.1) is 0 Å². The lowest BCUT2D eigenvalue weighted by molar-refractivity contribution is 0.0249. The van der Waals surface area contributed by atoms with Gasteiger partial charge in [-0.2, -0.15) is 0 Å². The molecular weight excluding hydrogens is 403 g/mol. The quantitative estimate of drug-likeness (QED) is 0.156. The van der Waals surface area contributed by atoms with Gasteiger partial charge < -0.3 is 0 Å². The average Bonchev–Trinajstić information content (AvgIpc) is 2.80. The molecule has 0 bridgehead atoms. The summed E-state index contributed by atoms with van der Waals surface area (Å²) in [4.78, 5) is 0. The molecule has 0 aromatic carbocycles. The lowest BCUT2D eigenvalue weighted by Crippen LogP contribution is -2.38. The van der Waals surface area contributed by atoms with E-state index in [0.29, 0.717) is 23.7 Å². The van der Waals surface area contributed by atoms with Crippen molar-refractivity contribution in [2.75, 3.05) is 0 Å². The zero-order valence-electron chi connectivity index (χ0n) is 23.9. The first-order chi connectivity index (χ1) is 16.0. The predicted octanol–water partition coefficient (Wildman–Crippen LogP) is 11.6. The molecule has 1 saturated carbocycles. The molecule has 1 fully saturated rings. The zero-order chi connectivity index (χ0) is 24.5. The molecule has 0 aromatic rings. The van der Waals surface area contributed by atoms with E-state index in [9.17, 15) is 0 Å². The predicted molar refractivity (Wildman–Crippen MR) is 148 cm³/mol. The molecule has 0 N–H and O–H groups in total. The van der Waals surface area contributed by atoms with Crippen LogP contribution in [-0.2, 0) is 0 Å². The van der Waals surface area contributed by atoms with E-state index in [1.165, 1.54) is 109 Å². The molecule has 7 atom stereocenters. The van der Waals surface area contributed by atoms with Crippen molar-refractivity contribution in [1.29, 1.82) is 0 Å². The summed E-state index contributed by atoms with van der Waals surface area (Å²) in [6.45, 7) is 14.1. The molecular formula is C32H63F. The summed E-state index contributed by atoms with van der Waals surface area (Å²) in [5.74, 6) is 3.81. The highest BCUT2D eigenvalue weighted by Gasteiger charge is 2.40. The van der Waals surface area contributed by atoms with Gasteiger partial charge >= 0.3 is 0 Å². The SMILES string of the molecule is CCCCCC(C)C(CCCCC)C1CCC(C(CCCCC)C(C)CCCCC)C(F)C1. The highest BCUT2D eigenvalue weighted by Crippen LogP contribution is 2.46. The maximum absolute atomic E-state index is 15.9. The third-order valence-electron chi connectivity index (χ3n) is 9.29. The Morgan fingerprint density at radius 1 is 0.576 bits per heavy atom. The third kappa shape index (κ3) is 11.9. The first kappa shape index (κ1) is 31.0. The van der Waals surface area contributed by atoms with E-state index in [1.807, 2.05) is 0 Å². The second-order valence-corrected chi connectivity index (χ2v) is 12.0. The normalized spacial score (nSPS) is 25.0. The summed E-state index contributed by atoms with van der Waals surface area (Å²) >= 11 is 0. The van der Waals surface area contributed by atoms with E-state index in [4.69, 9.17) is 0 Å². The number of hydrogen-bond acceptors (Lipinski definition) is 0. The van der Waals surface area contributed by atoms with Gasteiger partial charge in [-0.15, -0.1) is 0 Å². The van der Waals surface area contributed by atoms with E-state index in [2.05, 4.69) is 41.5 Å². The van der Waals surface area contributed by atoms with Crippen molar-refractivity contribution in [2.45, 2.75) is 170 Å². The van der Waals surface area contributed by atoms with Crippen LogP contribution in [0.3, 0.4) is 0 Å². The summed E-state index contributed by atoms with van der Waals surface area (Å²) in [7, 11) is 0. The summed E-state index contributed by atoms with van der Waals surface area (Å²) in [6, 6.07) is 0. The Labute approximate surface area is 209 Å². The van der Waals surface area contributed by atoms with E-state index in [1.54, 1.807) is 0 Å².